The molecule has 3 nitrogen and oxygen atoms in total. The molecule has 1 atom stereocenters. The molecule has 1 heterocycles. The molecule has 1 aliphatic heterocycles. The molecule has 0 radical (unpaired) electrons. The van der Waals surface area contributed by atoms with Crippen LogP contribution in [-0.2, 0) is 19.5 Å². The summed E-state index contributed by atoms with van der Waals surface area (Å²) >= 11 is 0. The number of fused-ring (bicyclic) bond motifs is 1. The van der Waals surface area contributed by atoms with E-state index in [4.69, 9.17) is 4.74 Å². The molecule has 0 saturated carbocycles. The van der Waals surface area contributed by atoms with Gasteiger partial charge in [0.1, 0.15) is 5.75 Å². The lowest BCUT2D eigenvalue weighted by Crippen LogP contribution is -2.33. The first-order valence-corrected chi connectivity index (χ1v) is 5.81. The molecule has 2 N–H and O–H groups in total. The van der Waals surface area contributed by atoms with Crippen molar-refractivity contribution in [3.63, 3.8) is 0 Å². The molecule has 2 rings (SSSR count). The van der Waals surface area contributed by atoms with Crippen molar-refractivity contribution in [3.8, 4) is 5.75 Å². The monoisotopic (exact) mass is 220 g/mol. The normalized spacial score (nSPS) is 19.3. The number of benzene rings is 1. The van der Waals surface area contributed by atoms with Crippen LogP contribution in [0.15, 0.2) is 12.1 Å². The minimum atomic E-state index is 0.573. The summed E-state index contributed by atoms with van der Waals surface area (Å²) in [6.07, 6.45) is 1.11. The van der Waals surface area contributed by atoms with Crippen molar-refractivity contribution < 1.29 is 4.74 Å². The third-order valence-electron chi connectivity index (χ3n) is 3.14. The van der Waals surface area contributed by atoms with Crippen LogP contribution in [0.25, 0.3) is 0 Å². The van der Waals surface area contributed by atoms with E-state index in [1.165, 1.54) is 16.7 Å². The van der Waals surface area contributed by atoms with Crippen molar-refractivity contribution in [2.45, 2.75) is 32.5 Å². The Morgan fingerprint density at radius 2 is 2.25 bits per heavy atom. The van der Waals surface area contributed by atoms with Gasteiger partial charge < -0.3 is 15.4 Å². The molecule has 1 unspecified atom stereocenters. The first-order chi connectivity index (χ1) is 7.74. The van der Waals surface area contributed by atoms with E-state index < -0.39 is 0 Å². The summed E-state index contributed by atoms with van der Waals surface area (Å²) in [4.78, 5) is 0. The predicted molar refractivity (Wildman–Crippen MR) is 65.8 cm³/mol. The summed E-state index contributed by atoms with van der Waals surface area (Å²) in [6.45, 7) is 4.04. The summed E-state index contributed by atoms with van der Waals surface area (Å²) in [5, 5.41) is 6.65. The molecule has 3 heteroatoms. The fourth-order valence-corrected chi connectivity index (χ4v) is 2.28. The van der Waals surface area contributed by atoms with Crippen LogP contribution < -0.4 is 15.4 Å². The molecule has 1 aliphatic rings. The molecule has 0 bridgehead atoms. The quantitative estimate of drug-likeness (QED) is 0.809. The number of hydrogen-bond donors (Lipinski definition) is 2. The molecule has 16 heavy (non-hydrogen) atoms. The summed E-state index contributed by atoms with van der Waals surface area (Å²) in [6, 6.07) is 5.02. The first-order valence-electron chi connectivity index (χ1n) is 5.81. The van der Waals surface area contributed by atoms with Gasteiger partial charge in [-0.3, -0.25) is 0 Å². The summed E-state index contributed by atoms with van der Waals surface area (Å²) in [7, 11) is 3.70. The molecule has 0 amide bonds. The molecule has 0 saturated heterocycles. The van der Waals surface area contributed by atoms with Gasteiger partial charge in [-0.15, -0.1) is 0 Å². The fraction of sp³-hybridized carbons (Fsp3) is 0.538. The van der Waals surface area contributed by atoms with Crippen LogP contribution in [0, 0.1) is 0 Å². The summed E-state index contributed by atoms with van der Waals surface area (Å²) in [5.74, 6) is 0.990. The van der Waals surface area contributed by atoms with Crippen molar-refractivity contribution in [1.82, 2.24) is 10.6 Å². The van der Waals surface area contributed by atoms with Crippen molar-refractivity contribution in [2.75, 3.05) is 14.2 Å². The number of nitrogens with one attached hydrogen (secondary N) is 2. The second kappa shape index (κ2) is 4.85. The Morgan fingerprint density at radius 3 is 2.94 bits per heavy atom. The standard InChI is InChI=1S/C13H20N2O/c1-9-4-10-5-12(7-14-2)13(16-3)6-11(10)8-15-9/h5-6,9,14-15H,4,7-8H2,1-3H3. The van der Waals surface area contributed by atoms with Gasteiger partial charge in [0.2, 0.25) is 0 Å². The Balaban J connectivity index is 2.36. The molecule has 0 spiro atoms. The fourth-order valence-electron chi connectivity index (χ4n) is 2.28. The summed E-state index contributed by atoms with van der Waals surface area (Å²) < 4.78 is 5.42. The van der Waals surface area contributed by atoms with Crippen LogP contribution in [-0.4, -0.2) is 20.2 Å². The van der Waals surface area contributed by atoms with Gasteiger partial charge >= 0.3 is 0 Å². The zero-order chi connectivity index (χ0) is 11.5. The lowest BCUT2D eigenvalue weighted by molar-refractivity contribution is 0.405. The lowest BCUT2D eigenvalue weighted by atomic mass is 9.94. The van der Waals surface area contributed by atoms with E-state index >= 15 is 0 Å². The maximum Gasteiger partial charge on any atom is 0.123 e. The highest BCUT2D eigenvalue weighted by molar-refractivity contribution is 5.44. The highest BCUT2D eigenvalue weighted by Gasteiger charge is 2.16. The van der Waals surface area contributed by atoms with Crippen LogP contribution in [0.4, 0.5) is 0 Å². The van der Waals surface area contributed by atoms with Crippen LogP contribution in [0.2, 0.25) is 0 Å². The third-order valence-corrected chi connectivity index (χ3v) is 3.14. The van der Waals surface area contributed by atoms with Crippen molar-refractivity contribution in [2.24, 2.45) is 0 Å². The molecule has 88 valence electrons. The minimum Gasteiger partial charge on any atom is -0.496 e. The van der Waals surface area contributed by atoms with Gasteiger partial charge in [0.15, 0.2) is 0 Å². The van der Waals surface area contributed by atoms with E-state index in [0.717, 1.165) is 25.3 Å². The molecular formula is C13H20N2O. The average molecular weight is 220 g/mol. The number of ether oxygens (including phenoxy) is 1. The Bertz CT molecular complexity index is 365. The second-order valence-electron chi connectivity index (χ2n) is 4.45. The Kier molecular flexibility index (Phi) is 3.46. The largest absolute Gasteiger partial charge is 0.496 e. The van der Waals surface area contributed by atoms with Crippen molar-refractivity contribution in [3.05, 3.63) is 28.8 Å². The van der Waals surface area contributed by atoms with Gasteiger partial charge in [0, 0.05) is 24.7 Å². The SMILES string of the molecule is CNCc1cc2c(cc1OC)CNC(C)C2. The number of hydrogen-bond acceptors (Lipinski definition) is 3. The van der Waals surface area contributed by atoms with Crippen LogP contribution >= 0.6 is 0 Å². The Labute approximate surface area is 97.2 Å². The third kappa shape index (κ3) is 2.20. The highest BCUT2D eigenvalue weighted by atomic mass is 16.5. The smallest absolute Gasteiger partial charge is 0.123 e. The molecule has 1 aromatic carbocycles. The van der Waals surface area contributed by atoms with Gasteiger partial charge in [-0.2, -0.15) is 0 Å². The van der Waals surface area contributed by atoms with Crippen LogP contribution in [0.3, 0.4) is 0 Å². The van der Waals surface area contributed by atoms with E-state index in [9.17, 15) is 0 Å². The number of methoxy groups -OCH3 is 1. The van der Waals surface area contributed by atoms with Gasteiger partial charge in [-0.25, -0.2) is 0 Å². The topological polar surface area (TPSA) is 33.3 Å². The maximum atomic E-state index is 5.42. The lowest BCUT2D eigenvalue weighted by Gasteiger charge is -2.24. The van der Waals surface area contributed by atoms with Gasteiger partial charge in [0.05, 0.1) is 7.11 Å². The van der Waals surface area contributed by atoms with E-state index in [2.05, 4.69) is 29.7 Å². The average Bonchev–Trinajstić information content (AvgIpc) is 2.28. The number of rotatable bonds is 3. The zero-order valence-electron chi connectivity index (χ0n) is 10.3. The van der Waals surface area contributed by atoms with Crippen molar-refractivity contribution in [1.29, 1.82) is 0 Å². The zero-order valence-corrected chi connectivity index (χ0v) is 10.3. The second-order valence-corrected chi connectivity index (χ2v) is 4.45. The maximum absolute atomic E-state index is 5.42. The van der Waals surface area contributed by atoms with Gasteiger partial charge in [-0.1, -0.05) is 6.07 Å². The predicted octanol–water partition coefficient (Wildman–Crippen LogP) is 1.45. The van der Waals surface area contributed by atoms with E-state index in [1.54, 1.807) is 7.11 Å². The highest BCUT2D eigenvalue weighted by Crippen LogP contribution is 2.26. The van der Waals surface area contributed by atoms with Crippen molar-refractivity contribution >= 4 is 0 Å². The summed E-state index contributed by atoms with van der Waals surface area (Å²) in [5.41, 5.74) is 4.07. The molecule has 0 aliphatic carbocycles. The molecule has 1 aromatic rings. The van der Waals surface area contributed by atoms with E-state index in [-0.39, 0.29) is 0 Å². The van der Waals surface area contributed by atoms with Crippen LogP contribution in [0.1, 0.15) is 23.6 Å². The Hall–Kier alpha value is -1.06. The van der Waals surface area contributed by atoms with Gasteiger partial charge in [0.25, 0.3) is 0 Å². The van der Waals surface area contributed by atoms with Gasteiger partial charge in [-0.05, 0) is 37.6 Å². The van der Waals surface area contributed by atoms with E-state index in [0.29, 0.717) is 6.04 Å². The van der Waals surface area contributed by atoms with Crippen LogP contribution in [0.5, 0.6) is 5.75 Å². The molecule has 0 fully saturated rings. The minimum absolute atomic E-state index is 0.573. The molecular weight excluding hydrogens is 200 g/mol. The molecule has 0 aromatic heterocycles. The van der Waals surface area contributed by atoms with E-state index in [1.807, 2.05) is 7.05 Å². The first kappa shape index (κ1) is 11.4. The Morgan fingerprint density at radius 1 is 1.44 bits per heavy atom.